The monoisotopic (exact) mass is 303 g/mol. The molecule has 7 heteroatoms. The first-order valence-corrected chi connectivity index (χ1v) is 7.63. The van der Waals surface area contributed by atoms with E-state index in [9.17, 15) is 4.79 Å². The van der Waals surface area contributed by atoms with Gasteiger partial charge in [0.15, 0.2) is 5.69 Å². The van der Waals surface area contributed by atoms with E-state index >= 15 is 0 Å². The lowest BCUT2D eigenvalue weighted by Gasteiger charge is -2.13. The summed E-state index contributed by atoms with van der Waals surface area (Å²) < 4.78 is 9.17. The van der Waals surface area contributed by atoms with Gasteiger partial charge in [-0.2, -0.15) is 10.2 Å². The summed E-state index contributed by atoms with van der Waals surface area (Å²) in [5, 5.41) is 11.6. The summed E-state index contributed by atoms with van der Waals surface area (Å²) in [6, 6.07) is 3.75. The fourth-order valence-electron chi connectivity index (χ4n) is 2.60. The van der Waals surface area contributed by atoms with Gasteiger partial charge in [-0.3, -0.25) is 9.48 Å². The molecule has 2 aromatic heterocycles. The van der Waals surface area contributed by atoms with Gasteiger partial charge in [0.1, 0.15) is 0 Å². The van der Waals surface area contributed by atoms with Crippen molar-refractivity contribution in [1.29, 1.82) is 0 Å². The molecule has 3 rings (SSSR count). The minimum absolute atomic E-state index is 0.154. The second-order valence-corrected chi connectivity index (χ2v) is 5.55. The first kappa shape index (κ1) is 14.6. The molecule has 1 amide bonds. The molecule has 0 aromatic carbocycles. The number of aromatic nitrogens is 4. The largest absolute Gasteiger partial charge is 0.478 e. The lowest BCUT2D eigenvalue weighted by molar-refractivity contribution is 0.0946. The molecule has 0 radical (unpaired) electrons. The third-order valence-corrected chi connectivity index (χ3v) is 3.68. The average Bonchev–Trinajstić information content (AvgIpc) is 3.06. The Morgan fingerprint density at radius 2 is 2.23 bits per heavy atom. The maximum Gasteiger partial charge on any atom is 0.271 e. The Morgan fingerprint density at radius 3 is 2.95 bits per heavy atom. The van der Waals surface area contributed by atoms with Crippen molar-refractivity contribution >= 4 is 5.91 Å². The molecule has 7 nitrogen and oxygen atoms in total. The summed E-state index contributed by atoms with van der Waals surface area (Å²) in [4.78, 5) is 12.1. The Labute approximate surface area is 129 Å². The van der Waals surface area contributed by atoms with E-state index < -0.39 is 0 Å². The molecular formula is C15H21N5O2. The SMILES string of the molecule is Cc1cc(C)n(CCCNC(=O)c2cc3n(n2)CCCO3)n1. The van der Waals surface area contributed by atoms with Crippen LogP contribution in [0.25, 0.3) is 0 Å². The normalized spacial score (nSPS) is 13.5. The number of nitrogens with one attached hydrogen (secondary N) is 1. The molecule has 0 saturated heterocycles. The predicted octanol–water partition coefficient (Wildman–Crippen LogP) is 1.30. The Hall–Kier alpha value is -2.31. The molecule has 0 unspecified atom stereocenters. The number of fused-ring (bicyclic) bond motifs is 1. The zero-order chi connectivity index (χ0) is 15.5. The molecule has 0 spiro atoms. The maximum absolute atomic E-state index is 12.1. The van der Waals surface area contributed by atoms with E-state index in [0.717, 1.165) is 37.3 Å². The number of hydrogen-bond acceptors (Lipinski definition) is 4. The highest BCUT2D eigenvalue weighted by molar-refractivity contribution is 5.92. The molecule has 118 valence electrons. The van der Waals surface area contributed by atoms with E-state index in [0.29, 0.717) is 24.7 Å². The molecule has 3 heterocycles. The van der Waals surface area contributed by atoms with Crippen LogP contribution in [0.1, 0.15) is 34.7 Å². The van der Waals surface area contributed by atoms with Crippen LogP contribution in [-0.2, 0) is 13.1 Å². The van der Waals surface area contributed by atoms with Crippen molar-refractivity contribution in [3.8, 4) is 5.88 Å². The second-order valence-electron chi connectivity index (χ2n) is 5.55. The third kappa shape index (κ3) is 3.13. The molecule has 1 N–H and O–H groups in total. The zero-order valence-corrected chi connectivity index (χ0v) is 13.0. The van der Waals surface area contributed by atoms with Gasteiger partial charge < -0.3 is 10.1 Å². The number of ether oxygens (including phenoxy) is 1. The molecule has 0 aliphatic carbocycles. The van der Waals surface area contributed by atoms with Crippen molar-refractivity contribution in [2.45, 2.75) is 39.8 Å². The quantitative estimate of drug-likeness (QED) is 0.845. The van der Waals surface area contributed by atoms with Crippen LogP contribution >= 0.6 is 0 Å². The highest BCUT2D eigenvalue weighted by atomic mass is 16.5. The van der Waals surface area contributed by atoms with Crippen molar-refractivity contribution < 1.29 is 9.53 Å². The van der Waals surface area contributed by atoms with E-state index in [-0.39, 0.29) is 5.91 Å². The smallest absolute Gasteiger partial charge is 0.271 e. The molecule has 22 heavy (non-hydrogen) atoms. The van der Waals surface area contributed by atoms with Crippen molar-refractivity contribution in [3.05, 3.63) is 29.2 Å². The third-order valence-electron chi connectivity index (χ3n) is 3.68. The van der Waals surface area contributed by atoms with Gasteiger partial charge in [-0.25, -0.2) is 4.68 Å². The first-order valence-electron chi connectivity index (χ1n) is 7.63. The molecule has 0 saturated carbocycles. The van der Waals surface area contributed by atoms with Gasteiger partial charge in [0, 0.05) is 37.8 Å². The van der Waals surface area contributed by atoms with E-state index in [1.165, 1.54) is 0 Å². The van der Waals surface area contributed by atoms with Crippen LogP contribution in [0.3, 0.4) is 0 Å². The topological polar surface area (TPSA) is 74.0 Å². The molecule has 0 bridgehead atoms. The Bertz CT molecular complexity index is 650. The van der Waals surface area contributed by atoms with E-state index in [1.54, 1.807) is 10.7 Å². The van der Waals surface area contributed by atoms with Crippen LogP contribution in [0.4, 0.5) is 0 Å². The van der Waals surface area contributed by atoms with E-state index in [1.807, 2.05) is 24.6 Å². The van der Waals surface area contributed by atoms with Gasteiger partial charge >= 0.3 is 0 Å². The highest BCUT2D eigenvalue weighted by Crippen LogP contribution is 2.18. The van der Waals surface area contributed by atoms with Gasteiger partial charge in [0.25, 0.3) is 5.91 Å². The van der Waals surface area contributed by atoms with Crippen molar-refractivity contribution in [2.75, 3.05) is 13.2 Å². The van der Waals surface area contributed by atoms with Crippen LogP contribution in [0.5, 0.6) is 5.88 Å². The predicted molar refractivity (Wildman–Crippen MR) is 81.0 cm³/mol. The van der Waals surface area contributed by atoms with Crippen LogP contribution in [0.15, 0.2) is 12.1 Å². The van der Waals surface area contributed by atoms with Gasteiger partial charge in [-0.05, 0) is 26.3 Å². The fraction of sp³-hybridized carbons (Fsp3) is 0.533. The number of nitrogens with zero attached hydrogens (tertiary/aromatic N) is 4. The molecule has 0 atom stereocenters. The summed E-state index contributed by atoms with van der Waals surface area (Å²) in [6.45, 7) is 6.90. The molecule has 2 aromatic rings. The number of amides is 1. The average molecular weight is 303 g/mol. The minimum Gasteiger partial charge on any atom is -0.478 e. The summed E-state index contributed by atoms with van der Waals surface area (Å²) in [5.41, 5.74) is 2.58. The lowest BCUT2D eigenvalue weighted by atomic mass is 10.3. The van der Waals surface area contributed by atoms with Crippen LogP contribution in [0, 0.1) is 13.8 Å². The van der Waals surface area contributed by atoms with Gasteiger partial charge in [0.05, 0.1) is 12.3 Å². The van der Waals surface area contributed by atoms with E-state index in [2.05, 4.69) is 15.5 Å². The van der Waals surface area contributed by atoms with Crippen LogP contribution in [-0.4, -0.2) is 38.6 Å². The number of aryl methyl sites for hydroxylation is 4. The van der Waals surface area contributed by atoms with Crippen molar-refractivity contribution in [1.82, 2.24) is 24.9 Å². The maximum atomic E-state index is 12.1. The summed E-state index contributed by atoms with van der Waals surface area (Å²) in [7, 11) is 0. The van der Waals surface area contributed by atoms with E-state index in [4.69, 9.17) is 4.74 Å². The first-order chi connectivity index (χ1) is 10.6. The summed E-state index contributed by atoms with van der Waals surface area (Å²) in [5.74, 6) is 0.526. The second kappa shape index (κ2) is 6.21. The van der Waals surface area contributed by atoms with Gasteiger partial charge in [0.2, 0.25) is 5.88 Å². The van der Waals surface area contributed by atoms with Gasteiger partial charge in [-0.1, -0.05) is 0 Å². The zero-order valence-electron chi connectivity index (χ0n) is 13.0. The number of carbonyl (C=O) groups excluding carboxylic acids is 1. The number of carbonyl (C=O) groups is 1. The Balaban J connectivity index is 1.48. The van der Waals surface area contributed by atoms with Crippen molar-refractivity contribution in [2.24, 2.45) is 0 Å². The molecule has 1 aliphatic rings. The minimum atomic E-state index is -0.154. The molecular weight excluding hydrogens is 282 g/mol. The van der Waals surface area contributed by atoms with Gasteiger partial charge in [-0.15, -0.1) is 0 Å². The summed E-state index contributed by atoms with van der Waals surface area (Å²) in [6.07, 6.45) is 1.76. The van der Waals surface area contributed by atoms with Crippen molar-refractivity contribution in [3.63, 3.8) is 0 Å². The number of hydrogen-bond donors (Lipinski definition) is 1. The Morgan fingerprint density at radius 1 is 1.36 bits per heavy atom. The summed E-state index contributed by atoms with van der Waals surface area (Å²) >= 11 is 0. The molecule has 1 aliphatic heterocycles. The standard InChI is InChI=1S/C15H21N5O2/c1-11-9-12(2)19(17-11)6-3-5-16-15(21)13-10-14-20(18-13)7-4-8-22-14/h9-10H,3-8H2,1-2H3,(H,16,21). The Kier molecular flexibility index (Phi) is 4.13. The van der Waals surface area contributed by atoms with Crippen LogP contribution < -0.4 is 10.1 Å². The highest BCUT2D eigenvalue weighted by Gasteiger charge is 2.17. The fourth-order valence-corrected chi connectivity index (χ4v) is 2.60. The van der Waals surface area contributed by atoms with Crippen LogP contribution in [0.2, 0.25) is 0 Å². The number of rotatable bonds is 5. The lowest BCUT2D eigenvalue weighted by Crippen LogP contribution is -2.26. The molecule has 0 fully saturated rings.